The molecule has 0 fully saturated rings. The summed E-state index contributed by atoms with van der Waals surface area (Å²) < 4.78 is 13.3. The fourth-order valence-electron chi connectivity index (χ4n) is 1.37. The van der Waals surface area contributed by atoms with Gasteiger partial charge in [0.25, 0.3) is 0 Å². The summed E-state index contributed by atoms with van der Waals surface area (Å²) in [6.07, 6.45) is -1.09. The van der Waals surface area contributed by atoms with Crippen molar-refractivity contribution in [2.24, 2.45) is 0 Å². The smallest absolute Gasteiger partial charge is 0.239 e. The Bertz CT molecular complexity index is 493. The first-order valence-corrected chi connectivity index (χ1v) is 4.98. The van der Waals surface area contributed by atoms with E-state index in [0.29, 0.717) is 5.56 Å². The van der Waals surface area contributed by atoms with Crippen LogP contribution in [0, 0.1) is 5.95 Å². The molecule has 2 aromatic rings. The molecule has 0 saturated carbocycles. The van der Waals surface area contributed by atoms with E-state index in [0.717, 1.165) is 0 Å². The lowest BCUT2D eigenvalue weighted by atomic mass is 10.0. The van der Waals surface area contributed by atoms with Crippen LogP contribution in [0.4, 0.5) is 4.39 Å². The van der Waals surface area contributed by atoms with E-state index in [2.05, 4.69) is 10.2 Å². The van der Waals surface area contributed by atoms with Crippen molar-refractivity contribution >= 4 is 11.6 Å². The summed E-state index contributed by atoms with van der Waals surface area (Å²) in [4.78, 5) is 0. The fourth-order valence-corrected chi connectivity index (χ4v) is 1.53. The molecule has 1 unspecified atom stereocenters. The summed E-state index contributed by atoms with van der Waals surface area (Å²) in [7, 11) is 0. The monoisotopic (exact) mass is 238 g/mol. The molecule has 5 heteroatoms. The summed E-state index contributed by atoms with van der Waals surface area (Å²) in [6.45, 7) is 0. The summed E-state index contributed by atoms with van der Waals surface area (Å²) in [5, 5.41) is 16.5. The van der Waals surface area contributed by atoms with Gasteiger partial charge in [-0.1, -0.05) is 41.9 Å². The van der Waals surface area contributed by atoms with Gasteiger partial charge in [-0.2, -0.15) is 4.39 Å². The average molecular weight is 239 g/mol. The maximum atomic E-state index is 13.3. The van der Waals surface area contributed by atoms with Gasteiger partial charge in [-0.15, -0.1) is 10.2 Å². The number of aliphatic hydroxyl groups is 1. The highest BCUT2D eigenvalue weighted by molar-refractivity contribution is 6.29. The molecule has 0 radical (unpaired) electrons. The predicted molar refractivity (Wildman–Crippen MR) is 57.5 cm³/mol. The molecule has 1 aromatic carbocycles. The van der Waals surface area contributed by atoms with Crippen LogP contribution in [0.2, 0.25) is 5.15 Å². The van der Waals surface area contributed by atoms with Gasteiger partial charge >= 0.3 is 0 Å². The molecular weight excluding hydrogens is 231 g/mol. The number of hydrogen-bond donors (Lipinski definition) is 1. The first-order valence-electron chi connectivity index (χ1n) is 4.60. The number of aromatic nitrogens is 2. The molecule has 16 heavy (non-hydrogen) atoms. The van der Waals surface area contributed by atoms with Gasteiger partial charge in [-0.05, 0) is 11.6 Å². The molecule has 1 atom stereocenters. The van der Waals surface area contributed by atoms with E-state index in [1.165, 1.54) is 6.07 Å². The Morgan fingerprint density at radius 3 is 2.56 bits per heavy atom. The van der Waals surface area contributed by atoms with Crippen molar-refractivity contribution in [1.29, 1.82) is 0 Å². The van der Waals surface area contributed by atoms with E-state index in [-0.39, 0.29) is 10.7 Å². The Labute approximate surface area is 96.5 Å². The van der Waals surface area contributed by atoms with Gasteiger partial charge < -0.3 is 5.11 Å². The maximum Gasteiger partial charge on any atom is 0.239 e. The molecule has 0 saturated heterocycles. The lowest BCUT2D eigenvalue weighted by Gasteiger charge is -2.11. The first kappa shape index (κ1) is 11.0. The highest BCUT2D eigenvalue weighted by Crippen LogP contribution is 2.24. The summed E-state index contributed by atoms with van der Waals surface area (Å²) in [6, 6.07) is 9.97. The zero-order valence-corrected chi connectivity index (χ0v) is 8.89. The average Bonchev–Trinajstić information content (AvgIpc) is 2.32. The van der Waals surface area contributed by atoms with Crippen LogP contribution in [0.25, 0.3) is 0 Å². The highest BCUT2D eigenvalue weighted by atomic mass is 35.5. The van der Waals surface area contributed by atoms with Crippen LogP contribution in [0.15, 0.2) is 36.4 Å². The molecule has 1 aromatic heterocycles. The van der Waals surface area contributed by atoms with Gasteiger partial charge in [0, 0.05) is 5.56 Å². The molecule has 2 rings (SSSR count). The Balaban J connectivity index is 2.41. The lowest BCUT2D eigenvalue weighted by molar-refractivity contribution is 0.213. The third-order valence-corrected chi connectivity index (χ3v) is 2.34. The summed E-state index contributed by atoms with van der Waals surface area (Å²) in [5.41, 5.74) is 0.594. The van der Waals surface area contributed by atoms with Crippen molar-refractivity contribution < 1.29 is 9.50 Å². The maximum absolute atomic E-state index is 13.3. The highest BCUT2D eigenvalue weighted by Gasteiger charge is 2.16. The number of halogens is 2. The Kier molecular flexibility index (Phi) is 3.12. The number of hydrogen-bond acceptors (Lipinski definition) is 3. The molecule has 0 amide bonds. The van der Waals surface area contributed by atoms with Gasteiger partial charge in [0.2, 0.25) is 5.95 Å². The SMILES string of the molecule is OC(c1ccccc1)c1cc(Cl)nnc1F. The zero-order chi connectivity index (χ0) is 11.5. The first-order chi connectivity index (χ1) is 7.68. The zero-order valence-electron chi connectivity index (χ0n) is 8.14. The van der Waals surface area contributed by atoms with Gasteiger partial charge in [0.05, 0.1) is 0 Å². The van der Waals surface area contributed by atoms with E-state index in [4.69, 9.17) is 11.6 Å². The van der Waals surface area contributed by atoms with E-state index < -0.39 is 12.1 Å². The molecule has 0 bridgehead atoms. The van der Waals surface area contributed by atoms with E-state index in [9.17, 15) is 9.50 Å². The second kappa shape index (κ2) is 4.55. The second-order valence-corrected chi connectivity index (χ2v) is 3.61. The Morgan fingerprint density at radius 2 is 1.88 bits per heavy atom. The fraction of sp³-hybridized carbons (Fsp3) is 0.0909. The van der Waals surface area contributed by atoms with Crippen molar-refractivity contribution in [2.75, 3.05) is 0 Å². The number of nitrogens with zero attached hydrogens (tertiary/aromatic N) is 2. The van der Waals surface area contributed by atoms with Crippen molar-refractivity contribution in [3.63, 3.8) is 0 Å². The molecule has 0 aliphatic heterocycles. The van der Waals surface area contributed by atoms with Crippen LogP contribution in [0.3, 0.4) is 0 Å². The van der Waals surface area contributed by atoms with E-state index in [1.807, 2.05) is 6.07 Å². The number of aliphatic hydroxyl groups excluding tert-OH is 1. The van der Waals surface area contributed by atoms with Crippen LogP contribution >= 0.6 is 11.6 Å². The van der Waals surface area contributed by atoms with Crippen molar-refractivity contribution in [3.8, 4) is 0 Å². The normalized spacial score (nSPS) is 12.4. The molecule has 0 spiro atoms. The largest absolute Gasteiger partial charge is 0.383 e. The molecule has 82 valence electrons. The standard InChI is InChI=1S/C11H8ClFN2O/c12-9-6-8(11(13)15-14-9)10(16)7-4-2-1-3-5-7/h1-6,10,16H. The molecule has 0 aliphatic rings. The molecule has 1 heterocycles. The molecule has 1 N–H and O–H groups in total. The van der Waals surface area contributed by atoms with Crippen LogP contribution in [-0.4, -0.2) is 15.3 Å². The van der Waals surface area contributed by atoms with Crippen molar-refractivity contribution in [1.82, 2.24) is 10.2 Å². The minimum atomic E-state index is -1.09. The number of rotatable bonds is 2. The molecule has 0 aliphatic carbocycles. The minimum absolute atomic E-state index is 0.0196. The van der Waals surface area contributed by atoms with Gasteiger partial charge in [0.1, 0.15) is 6.10 Å². The third kappa shape index (κ3) is 2.18. The van der Waals surface area contributed by atoms with Crippen LogP contribution in [0.1, 0.15) is 17.2 Å². The number of benzene rings is 1. The van der Waals surface area contributed by atoms with Gasteiger partial charge in [0.15, 0.2) is 5.15 Å². The van der Waals surface area contributed by atoms with Crippen molar-refractivity contribution in [3.05, 3.63) is 58.6 Å². The lowest BCUT2D eigenvalue weighted by Crippen LogP contribution is -2.05. The summed E-state index contributed by atoms with van der Waals surface area (Å²) in [5.74, 6) is -0.819. The van der Waals surface area contributed by atoms with E-state index >= 15 is 0 Å². The van der Waals surface area contributed by atoms with E-state index in [1.54, 1.807) is 24.3 Å². The van der Waals surface area contributed by atoms with Crippen molar-refractivity contribution in [2.45, 2.75) is 6.10 Å². The second-order valence-electron chi connectivity index (χ2n) is 3.23. The van der Waals surface area contributed by atoms with Gasteiger partial charge in [-0.25, -0.2) is 0 Å². The Morgan fingerprint density at radius 1 is 1.19 bits per heavy atom. The predicted octanol–water partition coefficient (Wildman–Crippen LogP) is 2.35. The molecule has 3 nitrogen and oxygen atoms in total. The summed E-state index contributed by atoms with van der Waals surface area (Å²) >= 11 is 5.60. The van der Waals surface area contributed by atoms with Crippen LogP contribution < -0.4 is 0 Å². The van der Waals surface area contributed by atoms with Crippen LogP contribution in [-0.2, 0) is 0 Å². The topological polar surface area (TPSA) is 46.0 Å². The molecular formula is C11H8ClFN2O. The van der Waals surface area contributed by atoms with Crippen LogP contribution in [0.5, 0.6) is 0 Å². The quantitative estimate of drug-likeness (QED) is 0.874. The Hall–Kier alpha value is -1.52. The minimum Gasteiger partial charge on any atom is -0.383 e. The van der Waals surface area contributed by atoms with Gasteiger partial charge in [-0.3, -0.25) is 0 Å². The third-order valence-electron chi connectivity index (χ3n) is 2.16.